The monoisotopic (exact) mass is 312 g/mol. The molecule has 0 aliphatic heterocycles. The Labute approximate surface area is 120 Å². The third-order valence-electron chi connectivity index (χ3n) is 2.42. The van der Waals surface area contributed by atoms with E-state index in [2.05, 4.69) is 4.98 Å². The van der Waals surface area contributed by atoms with Gasteiger partial charge in [-0.05, 0) is 18.2 Å². The van der Waals surface area contributed by atoms with E-state index in [1.165, 1.54) is 12.1 Å². The van der Waals surface area contributed by atoms with Crippen LogP contribution in [-0.2, 0) is 0 Å². The third kappa shape index (κ3) is 3.14. The summed E-state index contributed by atoms with van der Waals surface area (Å²) in [5.41, 5.74) is -0.684. The van der Waals surface area contributed by atoms with Crippen molar-refractivity contribution in [2.24, 2.45) is 0 Å². The van der Waals surface area contributed by atoms with Gasteiger partial charge in [-0.2, -0.15) is 0 Å². The first kappa shape index (κ1) is 14.9. The molecular weight excluding hydrogens is 306 g/mol. The first-order valence-electron chi connectivity index (χ1n) is 5.39. The number of aromatic nitrogens is 1. The Hall–Kier alpha value is -2.55. The van der Waals surface area contributed by atoms with Crippen molar-refractivity contribution in [2.45, 2.75) is 9.92 Å². The standard InChI is InChI=1S/C12H6F2N2O4S/c13-7-2-3-8(16(19)20)11(10(7)14)21-9-4-1-6(5-15-9)12(17)18/h1-5H,(H,17,18). The van der Waals surface area contributed by atoms with E-state index in [0.29, 0.717) is 17.8 Å². The second-order valence-electron chi connectivity index (χ2n) is 3.76. The van der Waals surface area contributed by atoms with Crippen molar-refractivity contribution < 1.29 is 23.6 Å². The van der Waals surface area contributed by atoms with Gasteiger partial charge < -0.3 is 5.11 Å². The summed E-state index contributed by atoms with van der Waals surface area (Å²) in [5, 5.41) is 19.6. The first-order valence-corrected chi connectivity index (χ1v) is 6.21. The van der Waals surface area contributed by atoms with Crippen molar-refractivity contribution in [3.8, 4) is 0 Å². The molecule has 1 aromatic carbocycles. The van der Waals surface area contributed by atoms with Gasteiger partial charge in [0.15, 0.2) is 11.6 Å². The molecule has 1 aromatic heterocycles. The number of nitrogens with zero attached hydrogens (tertiary/aromatic N) is 2. The number of carbonyl (C=O) groups is 1. The normalized spacial score (nSPS) is 10.4. The van der Waals surface area contributed by atoms with E-state index in [4.69, 9.17) is 5.11 Å². The lowest BCUT2D eigenvalue weighted by atomic mass is 10.3. The van der Waals surface area contributed by atoms with Gasteiger partial charge in [-0.25, -0.2) is 18.6 Å². The third-order valence-corrected chi connectivity index (χ3v) is 3.46. The van der Waals surface area contributed by atoms with E-state index in [0.717, 1.165) is 12.3 Å². The van der Waals surface area contributed by atoms with Crippen LogP contribution in [-0.4, -0.2) is 21.0 Å². The van der Waals surface area contributed by atoms with E-state index >= 15 is 0 Å². The molecule has 0 saturated heterocycles. The molecule has 9 heteroatoms. The fourth-order valence-corrected chi connectivity index (χ4v) is 2.32. The molecule has 2 rings (SSSR count). The summed E-state index contributed by atoms with van der Waals surface area (Å²) >= 11 is 0.543. The Morgan fingerprint density at radius 1 is 1.29 bits per heavy atom. The molecule has 108 valence electrons. The highest BCUT2D eigenvalue weighted by molar-refractivity contribution is 7.99. The second kappa shape index (κ2) is 5.83. The molecule has 1 heterocycles. The van der Waals surface area contributed by atoms with Gasteiger partial charge in [0.1, 0.15) is 9.92 Å². The van der Waals surface area contributed by atoms with Crippen LogP contribution in [0, 0.1) is 21.7 Å². The zero-order chi connectivity index (χ0) is 15.6. The van der Waals surface area contributed by atoms with Gasteiger partial charge in [0.05, 0.1) is 10.5 Å². The van der Waals surface area contributed by atoms with Crippen LogP contribution in [0.25, 0.3) is 0 Å². The van der Waals surface area contributed by atoms with Crippen LogP contribution >= 0.6 is 11.8 Å². The second-order valence-corrected chi connectivity index (χ2v) is 4.79. The van der Waals surface area contributed by atoms with Crippen LogP contribution in [0.4, 0.5) is 14.5 Å². The number of rotatable bonds is 4. The fourth-order valence-electron chi connectivity index (χ4n) is 1.43. The van der Waals surface area contributed by atoms with E-state index in [1.54, 1.807) is 0 Å². The molecule has 2 aromatic rings. The zero-order valence-electron chi connectivity index (χ0n) is 10.1. The predicted octanol–water partition coefficient (Wildman–Crippen LogP) is 3.12. The topological polar surface area (TPSA) is 93.3 Å². The number of halogens is 2. The zero-order valence-corrected chi connectivity index (χ0v) is 10.9. The molecule has 0 radical (unpaired) electrons. The van der Waals surface area contributed by atoms with E-state index in [9.17, 15) is 23.7 Å². The quantitative estimate of drug-likeness (QED) is 0.688. The Morgan fingerprint density at radius 3 is 2.52 bits per heavy atom. The molecule has 0 aliphatic carbocycles. The lowest BCUT2D eigenvalue weighted by Gasteiger charge is -2.04. The number of nitro benzene ring substituents is 1. The fraction of sp³-hybridized carbons (Fsp3) is 0. The number of carboxylic acids is 1. The summed E-state index contributed by atoms with van der Waals surface area (Å²) in [4.78, 5) is 23.9. The highest BCUT2D eigenvalue weighted by Gasteiger charge is 2.23. The molecule has 0 fully saturated rings. The molecule has 0 amide bonds. The minimum atomic E-state index is -1.35. The first-order chi connectivity index (χ1) is 9.90. The van der Waals surface area contributed by atoms with Crippen LogP contribution in [0.15, 0.2) is 40.4 Å². The summed E-state index contributed by atoms with van der Waals surface area (Å²) in [7, 11) is 0. The number of benzene rings is 1. The number of nitro groups is 1. The molecule has 0 spiro atoms. The maximum Gasteiger partial charge on any atom is 0.337 e. The maximum absolute atomic E-state index is 13.7. The Balaban J connectivity index is 2.41. The predicted molar refractivity (Wildman–Crippen MR) is 68.3 cm³/mol. The van der Waals surface area contributed by atoms with Crippen molar-refractivity contribution in [3.63, 3.8) is 0 Å². The van der Waals surface area contributed by atoms with E-state index in [-0.39, 0.29) is 10.6 Å². The van der Waals surface area contributed by atoms with Crippen molar-refractivity contribution in [1.29, 1.82) is 0 Å². The van der Waals surface area contributed by atoms with E-state index < -0.39 is 33.1 Å². The van der Waals surface area contributed by atoms with Gasteiger partial charge in [0.25, 0.3) is 5.69 Å². The average molecular weight is 312 g/mol. The summed E-state index contributed by atoms with van der Waals surface area (Å²) in [6.45, 7) is 0. The summed E-state index contributed by atoms with van der Waals surface area (Å²) in [6.07, 6.45) is 1.02. The Bertz CT molecular complexity index is 722. The smallest absolute Gasteiger partial charge is 0.337 e. The number of hydrogen-bond donors (Lipinski definition) is 1. The largest absolute Gasteiger partial charge is 0.478 e. The van der Waals surface area contributed by atoms with Crippen molar-refractivity contribution >= 4 is 23.4 Å². The molecule has 21 heavy (non-hydrogen) atoms. The minimum absolute atomic E-state index is 0.0893. The molecule has 0 aliphatic rings. The van der Waals surface area contributed by atoms with Crippen LogP contribution < -0.4 is 0 Å². The van der Waals surface area contributed by atoms with Crippen molar-refractivity contribution in [3.05, 3.63) is 57.8 Å². The summed E-state index contributed by atoms with van der Waals surface area (Å²) in [5.74, 6) is -3.76. The molecule has 0 unspecified atom stereocenters. The van der Waals surface area contributed by atoms with Gasteiger partial charge in [-0.3, -0.25) is 10.1 Å². The van der Waals surface area contributed by atoms with Crippen LogP contribution in [0.5, 0.6) is 0 Å². The SMILES string of the molecule is O=C(O)c1ccc(Sc2c([N+](=O)[O-])ccc(F)c2F)nc1. The van der Waals surface area contributed by atoms with Gasteiger partial charge in [-0.15, -0.1) is 0 Å². The number of aromatic carboxylic acids is 1. The molecule has 0 saturated carbocycles. The molecule has 0 bridgehead atoms. The number of hydrogen-bond acceptors (Lipinski definition) is 5. The Morgan fingerprint density at radius 2 is 2.00 bits per heavy atom. The summed E-state index contributed by atoms with van der Waals surface area (Å²) < 4.78 is 26.9. The average Bonchev–Trinajstić information content (AvgIpc) is 2.44. The Kier molecular flexibility index (Phi) is 4.13. The van der Waals surface area contributed by atoms with Gasteiger partial charge in [0, 0.05) is 12.3 Å². The lowest BCUT2D eigenvalue weighted by Crippen LogP contribution is -1.98. The maximum atomic E-state index is 13.7. The highest BCUT2D eigenvalue weighted by Crippen LogP contribution is 2.36. The number of pyridine rings is 1. The van der Waals surface area contributed by atoms with Gasteiger partial charge >= 0.3 is 5.97 Å². The van der Waals surface area contributed by atoms with Crippen LogP contribution in [0.1, 0.15) is 10.4 Å². The molecule has 6 nitrogen and oxygen atoms in total. The minimum Gasteiger partial charge on any atom is -0.478 e. The number of carboxylic acid groups (broad SMARTS) is 1. The molecule has 1 N–H and O–H groups in total. The highest BCUT2D eigenvalue weighted by atomic mass is 32.2. The molecule has 0 atom stereocenters. The summed E-state index contributed by atoms with van der Waals surface area (Å²) in [6, 6.07) is 3.98. The molecular formula is C12H6F2N2O4S. The van der Waals surface area contributed by atoms with Crippen LogP contribution in [0.2, 0.25) is 0 Å². The van der Waals surface area contributed by atoms with Gasteiger partial charge in [0.2, 0.25) is 0 Å². The lowest BCUT2D eigenvalue weighted by molar-refractivity contribution is -0.388. The van der Waals surface area contributed by atoms with E-state index in [1.807, 2.05) is 0 Å². The van der Waals surface area contributed by atoms with Crippen molar-refractivity contribution in [2.75, 3.05) is 0 Å². The van der Waals surface area contributed by atoms with Crippen LogP contribution in [0.3, 0.4) is 0 Å². The van der Waals surface area contributed by atoms with Crippen molar-refractivity contribution in [1.82, 2.24) is 4.98 Å². The van der Waals surface area contributed by atoms with Gasteiger partial charge in [-0.1, -0.05) is 11.8 Å².